The quantitative estimate of drug-likeness (QED) is 0.605. The summed E-state index contributed by atoms with van der Waals surface area (Å²) >= 11 is 5.84. The summed E-state index contributed by atoms with van der Waals surface area (Å²) in [5.74, 6) is -1.28. The molecule has 0 bridgehead atoms. The van der Waals surface area contributed by atoms with Crippen molar-refractivity contribution in [2.75, 3.05) is 39.6 Å². The Hall–Kier alpha value is -2.57. The Kier molecular flexibility index (Phi) is 7.84. The third-order valence-corrected chi connectivity index (χ3v) is 4.80. The van der Waals surface area contributed by atoms with Gasteiger partial charge in [-0.15, -0.1) is 0 Å². The highest BCUT2D eigenvalue weighted by Crippen LogP contribution is 2.16. The fourth-order valence-electron chi connectivity index (χ4n) is 2.80. The number of likely N-dealkylation sites (N-methyl/N-ethyl adjacent to an activating group) is 1. The molecule has 2 aromatic rings. The molecule has 0 unspecified atom stereocenters. The van der Waals surface area contributed by atoms with Crippen molar-refractivity contribution in [2.45, 2.75) is 12.6 Å². The lowest BCUT2D eigenvalue weighted by Gasteiger charge is -2.23. The first-order valence-corrected chi connectivity index (χ1v) is 9.53. The number of anilines is 1. The van der Waals surface area contributed by atoms with Crippen LogP contribution in [-0.4, -0.2) is 46.5 Å². The lowest BCUT2D eigenvalue weighted by Crippen LogP contribution is -3.07. The Labute approximate surface area is 171 Å². The van der Waals surface area contributed by atoms with E-state index in [0.29, 0.717) is 11.6 Å². The summed E-state index contributed by atoms with van der Waals surface area (Å²) in [6, 6.07) is 15.4. The van der Waals surface area contributed by atoms with Crippen molar-refractivity contribution in [3.63, 3.8) is 0 Å². The second-order valence-corrected chi connectivity index (χ2v) is 7.57. The van der Waals surface area contributed by atoms with E-state index in [1.165, 1.54) is 4.90 Å². The third kappa shape index (κ3) is 6.25. The third-order valence-electron chi connectivity index (χ3n) is 4.55. The highest BCUT2D eigenvalue weighted by Gasteiger charge is 2.21. The van der Waals surface area contributed by atoms with Gasteiger partial charge in [0.1, 0.15) is 6.04 Å². The van der Waals surface area contributed by atoms with Crippen LogP contribution in [0.15, 0.2) is 48.5 Å². The number of quaternary nitrogens is 1. The molecule has 0 saturated heterocycles. The molecular formula is C21H28ClN4O2+. The smallest absolute Gasteiger partial charge is 0.309 e. The molecule has 0 radical (unpaired) electrons. The summed E-state index contributed by atoms with van der Waals surface area (Å²) in [4.78, 5) is 27.4. The van der Waals surface area contributed by atoms with E-state index in [4.69, 9.17) is 11.6 Å². The molecule has 28 heavy (non-hydrogen) atoms. The predicted molar refractivity (Wildman–Crippen MR) is 113 cm³/mol. The molecule has 0 aliphatic rings. The average molecular weight is 404 g/mol. The Morgan fingerprint density at radius 1 is 0.964 bits per heavy atom. The SMILES string of the molecule is CN(C)c1ccc([C@H](CNC(=O)C(=O)NCc2ccc(Cl)cc2)[NH+](C)C)cc1. The van der Waals surface area contributed by atoms with Crippen LogP contribution in [0.3, 0.4) is 0 Å². The van der Waals surface area contributed by atoms with Crippen molar-refractivity contribution in [1.29, 1.82) is 0 Å². The van der Waals surface area contributed by atoms with Gasteiger partial charge in [0.15, 0.2) is 0 Å². The summed E-state index contributed by atoms with van der Waals surface area (Å²) in [7, 11) is 8.04. The zero-order chi connectivity index (χ0) is 20.7. The molecule has 0 saturated carbocycles. The molecule has 0 spiro atoms. The normalized spacial score (nSPS) is 11.8. The molecule has 2 aromatic carbocycles. The van der Waals surface area contributed by atoms with Crippen molar-refractivity contribution in [3.8, 4) is 0 Å². The molecule has 6 nitrogen and oxygen atoms in total. The minimum absolute atomic E-state index is 0.0456. The molecule has 2 amide bonds. The molecule has 2 rings (SSSR count). The van der Waals surface area contributed by atoms with Gasteiger partial charge in [0, 0.05) is 36.9 Å². The van der Waals surface area contributed by atoms with Crippen LogP contribution < -0.4 is 20.4 Å². The first-order chi connectivity index (χ1) is 13.3. The van der Waals surface area contributed by atoms with Crippen molar-refractivity contribution < 1.29 is 14.5 Å². The van der Waals surface area contributed by atoms with Gasteiger partial charge < -0.3 is 20.4 Å². The van der Waals surface area contributed by atoms with Crippen LogP contribution in [0.4, 0.5) is 5.69 Å². The van der Waals surface area contributed by atoms with Crippen LogP contribution in [0, 0.1) is 0 Å². The van der Waals surface area contributed by atoms with Crippen LogP contribution in [0.2, 0.25) is 5.02 Å². The molecule has 1 atom stereocenters. The summed E-state index contributed by atoms with van der Waals surface area (Å²) < 4.78 is 0. The molecule has 7 heteroatoms. The number of halogens is 1. The lowest BCUT2D eigenvalue weighted by atomic mass is 10.1. The largest absolute Gasteiger partial charge is 0.378 e. The number of hydrogen-bond donors (Lipinski definition) is 3. The summed E-state index contributed by atoms with van der Waals surface area (Å²) in [5, 5.41) is 5.99. The molecular weight excluding hydrogens is 376 g/mol. The Bertz CT molecular complexity index is 789. The lowest BCUT2D eigenvalue weighted by molar-refractivity contribution is -0.890. The van der Waals surface area contributed by atoms with Crippen LogP contribution in [-0.2, 0) is 16.1 Å². The average Bonchev–Trinajstić information content (AvgIpc) is 2.67. The Morgan fingerprint density at radius 2 is 1.54 bits per heavy atom. The first kappa shape index (κ1) is 21.7. The number of hydrogen-bond acceptors (Lipinski definition) is 3. The summed E-state index contributed by atoms with van der Waals surface area (Å²) in [6.45, 7) is 0.647. The minimum atomic E-state index is -0.648. The number of nitrogens with one attached hydrogen (secondary N) is 3. The van der Waals surface area contributed by atoms with Crippen LogP contribution in [0.1, 0.15) is 17.2 Å². The van der Waals surface area contributed by atoms with Crippen molar-refractivity contribution in [2.24, 2.45) is 0 Å². The van der Waals surface area contributed by atoms with Crippen molar-refractivity contribution in [1.82, 2.24) is 10.6 Å². The number of nitrogens with zero attached hydrogens (tertiary/aromatic N) is 1. The molecule has 0 aromatic heterocycles. The number of carbonyl (C=O) groups is 2. The molecule has 3 N–H and O–H groups in total. The second kappa shape index (κ2) is 10.1. The summed E-state index contributed by atoms with van der Waals surface area (Å²) in [6.07, 6.45) is 0. The van der Waals surface area contributed by atoms with Gasteiger partial charge in [-0.25, -0.2) is 0 Å². The maximum absolute atomic E-state index is 12.2. The van der Waals surface area contributed by atoms with Crippen LogP contribution >= 0.6 is 11.6 Å². The van der Waals surface area contributed by atoms with Crippen molar-refractivity contribution in [3.05, 3.63) is 64.7 Å². The Morgan fingerprint density at radius 3 is 2.07 bits per heavy atom. The standard InChI is InChI=1S/C21H27ClN4O2/c1-25(2)18-11-7-16(8-12-18)19(26(3)4)14-24-21(28)20(27)23-13-15-5-9-17(22)10-6-15/h5-12,19H,13-14H2,1-4H3,(H,23,27)(H,24,28)/p+1/t19-/m0/s1. The molecule has 0 aliphatic carbocycles. The number of benzene rings is 2. The zero-order valence-corrected chi connectivity index (χ0v) is 17.5. The van der Waals surface area contributed by atoms with E-state index < -0.39 is 11.8 Å². The molecule has 0 fully saturated rings. The van der Waals surface area contributed by atoms with Gasteiger partial charge in [0.2, 0.25) is 0 Å². The number of carbonyl (C=O) groups excluding carboxylic acids is 2. The van der Waals surface area contributed by atoms with Gasteiger partial charge in [-0.1, -0.05) is 35.9 Å². The fourth-order valence-corrected chi connectivity index (χ4v) is 2.93. The molecule has 0 aliphatic heterocycles. The van der Waals surface area contributed by atoms with Gasteiger partial charge in [-0.3, -0.25) is 9.59 Å². The van der Waals surface area contributed by atoms with E-state index in [9.17, 15) is 9.59 Å². The zero-order valence-electron chi connectivity index (χ0n) is 16.8. The van der Waals surface area contributed by atoms with Crippen LogP contribution in [0.25, 0.3) is 0 Å². The van der Waals surface area contributed by atoms with Crippen molar-refractivity contribution >= 4 is 29.1 Å². The van der Waals surface area contributed by atoms with E-state index in [1.807, 2.05) is 57.4 Å². The second-order valence-electron chi connectivity index (χ2n) is 7.14. The Balaban J connectivity index is 1.90. The van der Waals surface area contributed by atoms with E-state index in [-0.39, 0.29) is 12.6 Å². The van der Waals surface area contributed by atoms with E-state index in [0.717, 1.165) is 16.8 Å². The topological polar surface area (TPSA) is 65.9 Å². The monoisotopic (exact) mass is 403 g/mol. The van der Waals surface area contributed by atoms with E-state index in [2.05, 4.69) is 22.8 Å². The number of rotatable bonds is 7. The van der Waals surface area contributed by atoms with E-state index in [1.54, 1.807) is 12.1 Å². The molecule has 0 heterocycles. The fraction of sp³-hybridized carbons (Fsp3) is 0.333. The van der Waals surface area contributed by atoms with Gasteiger partial charge in [0.05, 0.1) is 20.6 Å². The first-order valence-electron chi connectivity index (χ1n) is 9.15. The van der Waals surface area contributed by atoms with E-state index >= 15 is 0 Å². The number of amides is 2. The van der Waals surface area contributed by atoms with Crippen LogP contribution in [0.5, 0.6) is 0 Å². The highest BCUT2D eigenvalue weighted by atomic mass is 35.5. The van der Waals surface area contributed by atoms with Gasteiger partial charge >= 0.3 is 11.8 Å². The molecule has 150 valence electrons. The predicted octanol–water partition coefficient (Wildman–Crippen LogP) is 1.02. The summed E-state index contributed by atoms with van der Waals surface area (Å²) in [5.41, 5.74) is 3.09. The van der Waals surface area contributed by atoms with Gasteiger partial charge in [0.25, 0.3) is 0 Å². The maximum atomic E-state index is 12.2. The minimum Gasteiger partial charge on any atom is -0.378 e. The maximum Gasteiger partial charge on any atom is 0.309 e. The highest BCUT2D eigenvalue weighted by molar-refractivity contribution is 6.35. The van der Waals surface area contributed by atoms with Gasteiger partial charge in [-0.05, 0) is 29.8 Å². The van der Waals surface area contributed by atoms with Gasteiger partial charge in [-0.2, -0.15) is 0 Å².